The van der Waals surface area contributed by atoms with Gasteiger partial charge in [-0.05, 0) is 24.5 Å². The molecule has 0 fully saturated rings. The topological polar surface area (TPSA) is 84.6 Å². The number of benzene rings is 1. The third-order valence-electron chi connectivity index (χ3n) is 2.62. The molecule has 0 aromatic heterocycles. The second kappa shape index (κ2) is 7.63. The monoisotopic (exact) mass is 266 g/mol. The summed E-state index contributed by atoms with van der Waals surface area (Å²) in [5.41, 5.74) is 6.20. The van der Waals surface area contributed by atoms with Gasteiger partial charge >= 0.3 is 0 Å². The van der Waals surface area contributed by atoms with Crippen LogP contribution in [0.5, 0.6) is 5.75 Å². The largest absolute Gasteiger partial charge is 0.482 e. The van der Waals surface area contributed by atoms with Crippen molar-refractivity contribution in [2.24, 2.45) is 5.92 Å². The molecule has 1 unspecified atom stereocenters. The molecule has 5 nitrogen and oxygen atoms in total. The third-order valence-corrected chi connectivity index (χ3v) is 2.62. The Hall–Kier alpha value is -1.75. The number of hydrogen-bond donors (Lipinski definition) is 3. The van der Waals surface area contributed by atoms with Crippen molar-refractivity contribution in [3.8, 4) is 5.75 Å². The zero-order chi connectivity index (χ0) is 14.3. The van der Waals surface area contributed by atoms with Gasteiger partial charge in [-0.3, -0.25) is 4.79 Å². The summed E-state index contributed by atoms with van der Waals surface area (Å²) in [5.74, 6) is 0.633. The lowest BCUT2D eigenvalue weighted by Gasteiger charge is -2.18. The second-order valence-corrected chi connectivity index (χ2v) is 4.90. The van der Waals surface area contributed by atoms with E-state index in [2.05, 4.69) is 5.32 Å². The zero-order valence-electron chi connectivity index (χ0n) is 11.4. The number of carbonyl (C=O) groups excluding carboxylic acids is 1. The highest BCUT2D eigenvalue weighted by atomic mass is 16.5. The van der Waals surface area contributed by atoms with E-state index in [0.717, 1.165) is 6.42 Å². The van der Waals surface area contributed by atoms with Crippen molar-refractivity contribution in [1.29, 1.82) is 0 Å². The van der Waals surface area contributed by atoms with E-state index in [1.54, 1.807) is 24.3 Å². The normalized spacial score (nSPS) is 12.2. The fraction of sp³-hybridized carbons (Fsp3) is 0.500. The molecule has 4 N–H and O–H groups in total. The maximum Gasteiger partial charge on any atom is 0.258 e. The summed E-state index contributed by atoms with van der Waals surface area (Å²) in [7, 11) is 0. The molecule has 1 atom stereocenters. The summed E-state index contributed by atoms with van der Waals surface area (Å²) in [6.45, 7) is 3.90. The van der Waals surface area contributed by atoms with E-state index < -0.39 is 0 Å². The van der Waals surface area contributed by atoms with Crippen LogP contribution in [0.1, 0.15) is 20.3 Å². The van der Waals surface area contributed by atoms with Crippen LogP contribution in [0.3, 0.4) is 0 Å². The van der Waals surface area contributed by atoms with E-state index in [4.69, 9.17) is 10.5 Å². The number of carbonyl (C=O) groups is 1. The summed E-state index contributed by atoms with van der Waals surface area (Å²) in [6, 6.07) is 6.78. The number of para-hydroxylation sites is 2. The lowest BCUT2D eigenvalue weighted by atomic mass is 10.0. The number of amides is 1. The van der Waals surface area contributed by atoms with Gasteiger partial charge in [-0.1, -0.05) is 26.0 Å². The molecule has 0 bridgehead atoms. The minimum absolute atomic E-state index is 0.0720. The molecule has 0 heterocycles. The predicted octanol–water partition coefficient (Wildman–Crippen LogP) is 1.17. The molecule has 0 aliphatic rings. The first kappa shape index (κ1) is 15.3. The van der Waals surface area contributed by atoms with Gasteiger partial charge in [0.05, 0.1) is 18.3 Å². The Labute approximate surface area is 113 Å². The molecule has 1 amide bonds. The number of aliphatic hydroxyl groups is 1. The average Bonchev–Trinajstić information content (AvgIpc) is 2.36. The standard InChI is InChI=1S/C14H22N2O3/c1-10(2)7-11(8-17)16-14(18)9-19-13-6-4-3-5-12(13)15/h3-6,10-11,17H,7-9,15H2,1-2H3,(H,16,18). The van der Waals surface area contributed by atoms with Gasteiger partial charge in [-0.25, -0.2) is 0 Å². The Morgan fingerprint density at radius 3 is 2.68 bits per heavy atom. The summed E-state index contributed by atoms with van der Waals surface area (Å²) < 4.78 is 5.33. The van der Waals surface area contributed by atoms with Gasteiger partial charge in [-0.2, -0.15) is 0 Å². The number of anilines is 1. The van der Waals surface area contributed by atoms with Crippen LogP contribution in [0.15, 0.2) is 24.3 Å². The minimum Gasteiger partial charge on any atom is -0.482 e. The second-order valence-electron chi connectivity index (χ2n) is 4.90. The number of hydrogen-bond acceptors (Lipinski definition) is 4. The quantitative estimate of drug-likeness (QED) is 0.647. The zero-order valence-corrected chi connectivity index (χ0v) is 11.4. The molecule has 0 saturated heterocycles. The van der Waals surface area contributed by atoms with Gasteiger partial charge in [-0.15, -0.1) is 0 Å². The number of aliphatic hydroxyl groups excluding tert-OH is 1. The minimum atomic E-state index is -0.261. The van der Waals surface area contributed by atoms with Gasteiger partial charge in [0.2, 0.25) is 0 Å². The fourth-order valence-electron chi connectivity index (χ4n) is 1.77. The molecular weight excluding hydrogens is 244 g/mol. The highest BCUT2D eigenvalue weighted by Gasteiger charge is 2.13. The van der Waals surface area contributed by atoms with E-state index in [1.807, 2.05) is 13.8 Å². The van der Waals surface area contributed by atoms with Crippen LogP contribution in [-0.4, -0.2) is 30.3 Å². The van der Waals surface area contributed by atoms with Crippen LogP contribution in [0, 0.1) is 5.92 Å². The van der Waals surface area contributed by atoms with Crippen molar-refractivity contribution in [1.82, 2.24) is 5.32 Å². The Bertz CT molecular complexity index is 407. The highest BCUT2D eigenvalue weighted by Crippen LogP contribution is 2.19. The van der Waals surface area contributed by atoms with E-state index >= 15 is 0 Å². The van der Waals surface area contributed by atoms with Gasteiger partial charge < -0.3 is 20.9 Å². The molecule has 0 radical (unpaired) electrons. The molecule has 1 rings (SSSR count). The molecule has 1 aromatic carbocycles. The molecule has 5 heteroatoms. The van der Waals surface area contributed by atoms with Crippen LogP contribution in [0.4, 0.5) is 5.69 Å². The molecule has 0 aliphatic heterocycles. The van der Waals surface area contributed by atoms with Crippen molar-refractivity contribution in [2.45, 2.75) is 26.3 Å². The van der Waals surface area contributed by atoms with Crippen LogP contribution in [0.25, 0.3) is 0 Å². The van der Waals surface area contributed by atoms with Gasteiger partial charge in [0.25, 0.3) is 5.91 Å². The molecule has 106 valence electrons. The number of nitrogens with one attached hydrogen (secondary N) is 1. The summed E-state index contributed by atoms with van der Waals surface area (Å²) in [5, 5.41) is 11.9. The lowest BCUT2D eigenvalue weighted by Crippen LogP contribution is -2.40. The number of nitrogen functional groups attached to an aromatic ring is 1. The smallest absolute Gasteiger partial charge is 0.258 e. The van der Waals surface area contributed by atoms with Crippen molar-refractivity contribution in [3.63, 3.8) is 0 Å². The first-order valence-corrected chi connectivity index (χ1v) is 6.40. The number of rotatable bonds is 7. The molecule has 0 spiro atoms. The van der Waals surface area contributed by atoms with Crippen LogP contribution in [-0.2, 0) is 4.79 Å². The average molecular weight is 266 g/mol. The van der Waals surface area contributed by atoms with Crippen LogP contribution < -0.4 is 15.8 Å². The molecular formula is C14H22N2O3. The van der Waals surface area contributed by atoms with Crippen molar-refractivity contribution >= 4 is 11.6 Å². The van der Waals surface area contributed by atoms with Crippen molar-refractivity contribution in [2.75, 3.05) is 18.9 Å². The Balaban J connectivity index is 2.41. The Morgan fingerprint density at radius 2 is 2.11 bits per heavy atom. The number of ether oxygens (including phenoxy) is 1. The Kier molecular flexibility index (Phi) is 6.15. The summed E-state index contributed by atoms with van der Waals surface area (Å²) in [4.78, 5) is 11.7. The first-order chi connectivity index (χ1) is 9.02. The third kappa shape index (κ3) is 5.61. The van der Waals surface area contributed by atoms with Gasteiger partial charge in [0.1, 0.15) is 5.75 Å². The molecule has 1 aromatic rings. The van der Waals surface area contributed by atoms with Crippen LogP contribution >= 0.6 is 0 Å². The maximum atomic E-state index is 11.7. The van der Waals surface area contributed by atoms with Crippen molar-refractivity contribution in [3.05, 3.63) is 24.3 Å². The van der Waals surface area contributed by atoms with E-state index in [0.29, 0.717) is 17.4 Å². The summed E-state index contributed by atoms with van der Waals surface area (Å²) in [6.07, 6.45) is 0.732. The first-order valence-electron chi connectivity index (χ1n) is 6.40. The number of nitrogens with two attached hydrogens (primary N) is 1. The fourth-order valence-corrected chi connectivity index (χ4v) is 1.77. The van der Waals surface area contributed by atoms with E-state index in [-0.39, 0.29) is 25.2 Å². The highest BCUT2D eigenvalue weighted by molar-refractivity contribution is 5.78. The maximum absolute atomic E-state index is 11.7. The lowest BCUT2D eigenvalue weighted by molar-refractivity contribution is -0.124. The van der Waals surface area contributed by atoms with E-state index in [9.17, 15) is 9.90 Å². The van der Waals surface area contributed by atoms with Crippen molar-refractivity contribution < 1.29 is 14.6 Å². The SMILES string of the molecule is CC(C)CC(CO)NC(=O)COc1ccccc1N. The molecule has 0 aliphatic carbocycles. The van der Waals surface area contributed by atoms with Gasteiger partial charge in [0, 0.05) is 0 Å². The van der Waals surface area contributed by atoms with E-state index in [1.165, 1.54) is 0 Å². The molecule has 0 saturated carbocycles. The van der Waals surface area contributed by atoms with Gasteiger partial charge in [0.15, 0.2) is 6.61 Å². The molecule has 19 heavy (non-hydrogen) atoms. The summed E-state index contributed by atoms with van der Waals surface area (Å²) >= 11 is 0. The van der Waals surface area contributed by atoms with Crippen LogP contribution in [0.2, 0.25) is 0 Å². The Morgan fingerprint density at radius 1 is 1.42 bits per heavy atom. The predicted molar refractivity (Wildman–Crippen MR) is 74.8 cm³/mol.